The molecule has 1 heterocycles. The standard InChI is InChI=1S/C16H33N3O2/c1-4-5-6-9-17-16(21)18(3)13-15-7-10-19(11-8-15)12-14(2)20/h14-15,20H,4-13H2,1-3H3,(H,17,21)/t14-/m0/s1. The Labute approximate surface area is 129 Å². The maximum atomic E-state index is 12.0. The number of nitrogens with one attached hydrogen (secondary N) is 1. The summed E-state index contributed by atoms with van der Waals surface area (Å²) in [6.45, 7) is 8.44. The summed E-state index contributed by atoms with van der Waals surface area (Å²) in [6.07, 6.45) is 5.38. The molecule has 124 valence electrons. The fourth-order valence-corrected chi connectivity index (χ4v) is 2.90. The van der Waals surface area contributed by atoms with Crippen LogP contribution in [-0.4, -0.2) is 66.8 Å². The fraction of sp³-hybridized carbons (Fsp3) is 0.938. The van der Waals surface area contributed by atoms with Gasteiger partial charge in [0.1, 0.15) is 0 Å². The molecule has 0 radical (unpaired) electrons. The summed E-state index contributed by atoms with van der Waals surface area (Å²) in [5, 5.41) is 12.4. The van der Waals surface area contributed by atoms with E-state index in [1.807, 2.05) is 18.9 Å². The van der Waals surface area contributed by atoms with E-state index in [1.165, 1.54) is 12.8 Å². The molecule has 1 fully saturated rings. The normalized spacial score (nSPS) is 18.5. The highest BCUT2D eigenvalue weighted by molar-refractivity contribution is 5.73. The van der Waals surface area contributed by atoms with Gasteiger partial charge in [0.15, 0.2) is 0 Å². The van der Waals surface area contributed by atoms with Crippen LogP contribution < -0.4 is 5.32 Å². The molecule has 2 amide bonds. The molecule has 0 spiro atoms. The SMILES string of the molecule is CCCCCNC(=O)N(C)CC1CCN(C[C@H](C)O)CC1. The van der Waals surface area contributed by atoms with Gasteiger partial charge in [0.25, 0.3) is 0 Å². The number of unbranched alkanes of at least 4 members (excludes halogenated alkanes) is 2. The van der Waals surface area contributed by atoms with Crippen LogP contribution in [0.4, 0.5) is 4.79 Å². The predicted molar refractivity (Wildman–Crippen MR) is 86.4 cm³/mol. The molecule has 0 aromatic heterocycles. The second kappa shape index (κ2) is 10.0. The Morgan fingerprint density at radius 2 is 2.05 bits per heavy atom. The number of urea groups is 1. The van der Waals surface area contributed by atoms with Gasteiger partial charge in [0, 0.05) is 26.7 Å². The summed E-state index contributed by atoms with van der Waals surface area (Å²) < 4.78 is 0. The molecule has 5 nitrogen and oxygen atoms in total. The van der Waals surface area contributed by atoms with Crippen molar-refractivity contribution in [2.75, 3.05) is 39.8 Å². The van der Waals surface area contributed by atoms with Gasteiger partial charge in [-0.15, -0.1) is 0 Å². The highest BCUT2D eigenvalue weighted by Crippen LogP contribution is 2.18. The zero-order valence-electron chi connectivity index (χ0n) is 14.0. The zero-order chi connectivity index (χ0) is 15.7. The molecule has 5 heteroatoms. The van der Waals surface area contributed by atoms with Crippen molar-refractivity contribution >= 4 is 6.03 Å². The topological polar surface area (TPSA) is 55.8 Å². The van der Waals surface area contributed by atoms with Crippen LogP contribution in [0.15, 0.2) is 0 Å². The minimum absolute atomic E-state index is 0.0533. The van der Waals surface area contributed by atoms with Gasteiger partial charge in [0.05, 0.1) is 6.10 Å². The van der Waals surface area contributed by atoms with E-state index in [0.717, 1.165) is 52.0 Å². The molecule has 0 aromatic carbocycles. The molecule has 1 aliphatic heterocycles. The number of hydrogen-bond acceptors (Lipinski definition) is 3. The second-order valence-electron chi connectivity index (χ2n) is 6.41. The summed E-state index contributed by atoms with van der Waals surface area (Å²) in [4.78, 5) is 16.1. The van der Waals surface area contributed by atoms with E-state index in [2.05, 4.69) is 17.1 Å². The summed E-state index contributed by atoms with van der Waals surface area (Å²) in [6, 6.07) is 0.0533. The molecule has 2 N–H and O–H groups in total. The Morgan fingerprint density at radius 3 is 2.62 bits per heavy atom. The smallest absolute Gasteiger partial charge is 0.317 e. The first-order valence-corrected chi connectivity index (χ1v) is 8.42. The Balaban J connectivity index is 2.17. The largest absolute Gasteiger partial charge is 0.392 e. The molecule has 1 atom stereocenters. The highest BCUT2D eigenvalue weighted by Gasteiger charge is 2.22. The first-order chi connectivity index (χ1) is 10.0. The lowest BCUT2D eigenvalue weighted by molar-refractivity contribution is 0.0945. The number of amides is 2. The van der Waals surface area contributed by atoms with Crippen LogP contribution in [-0.2, 0) is 0 Å². The summed E-state index contributed by atoms with van der Waals surface area (Å²) in [5.41, 5.74) is 0. The second-order valence-corrected chi connectivity index (χ2v) is 6.41. The minimum atomic E-state index is -0.252. The number of carbonyl (C=O) groups excluding carboxylic acids is 1. The van der Waals surface area contributed by atoms with E-state index in [1.54, 1.807) is 0 Å². The third-order valence-corrected chi connectivity index (χ3v) is 4.16. The Bertz CT molecular complexity index is 289. The number of aliphatic hydroxyl groups is 1. The molecule has 1 rings (SSSR count). The predicted octanol–water partition coefficient (Wildman–Crippen LogP) is 1.91. The summed E-state index contributed by atoms with van der Waals surface area (Å²) in [7, 11) is 1.89. The van der Waals surface area contributed by atoms with E-state index < -0.39 is 0 Å². The molecular weight excluding hydrogens is 266 g/mol. The van der Waals surface area contributed by atoms with Gasteiger partial charge < -0.3 is 20.2 Å². The van der Waals surface area contributed by atoms with Gasteiger partial charge in [-0.25, -0.2) is 4.79 Å². The lowest BCUT2D eigenvalue weighted by atomic mass is 9.96. The third-order valence-electron chi connectivity index (χ3n) is 4.16. The number of hydrogen-bond donors (Lipinski definition) is 2. The number of carbonyl (C=O) groups is 1. The molecule has 0 saturated carbocycles. The molecule has 1 aliphatic rings. The van der Waals surface area contributed by atoms with E-state index in [0.29, 0.717) is 5.92 Å². The van der Waals surface area contributed by atoms with Crippen LogP contribution in [0.5, 0.6) is 0 Å². The van der Waals surface area contributed by atoms with Gasteiger partial charge in [-0.1, -0.05) is 19.8 Å². The van der Waals surface area contributed by atoms with Crippen molar-refractivity contribution < 1.29 is 9.90 Å². The lowest BCUT2D eigenvalue weighted by Gasteiger charge is -2.34. The van der Waals surface area contributed by atoms with Crippen LogP contribution >= 0.6 is 0 Å². The number of likely N-dealkylation sites (tertiary alicyclic amines) is 1. The van der Waals surface area contributed by atoms with Gasteiger partial charge in [-0.3, -0.25) is 0 Å². The highest BCUT2D eigenvalue weighted by atomic mass is 16.3. The molecule has 0 bridgehead atoms. The average Bonchev–Trinajstić information content (AvgIpc) is 2.45. The molecule has 1 saturated heterocycles. The van der Waals surface area contributed by atoms with Crippen LogP contribution in [0, 0.1) is 5.92 Å². The maximum Gasteiger partial charge on any atom is 0.317 e. The average molecular weight is 299 g/mol. The Morgan fingerprint density at radius 1 is 1.38 bits per heavy atom. The lowest BCUT2D eigenvalue weighted by Crippen LogP contribution is -2.44. The van der Waals surface area contributed by atoms with Crippen molar-refractivity contribution in [1.29, 1.82) is 0 Å². The van der Waals surface area contributed by atoms with Crippen molar-refractivity contribution in [1.82, 2.24) is 15.1 Å². The summed E-state index contributed by atoms with van der Waals surface area (Å²) in [5.74, 6) is 0.585. The molecule has 0 aromatic rings. The van der Waals surface area contributed by atoms with Gasteiger partial charge in [-0.2, -0.15) is 0 Å². The maximum absolute atomic E-state index is 12.0. The number of nitrogens with zero attached hydrogens (tertiary/aromatic N) is 2. The Hall–Kier alpha value is -0.810. The molecular formula is C16H33N3O2. The molecule has 0 aliphatic carbocycles. The van der Waals surface area contributed by atoms with Crippen LogP contribution in [0.3, 0.4) is 0 Å². The monoisotopic (exact) mass is 299 g/mol. The van der Waals surface area contributed by atoms with Crippen molar-refractivity contribution in [2.24, 2.45) is 5.92 Å². The van der Waals surface area contributed by atoms with E-state index in [9.17, 15) is 9.90 Å². The number of rotatable bonds is 8. The number of β-amino-alcohol motifs (C(OH)–C–C–N with tert-alkyl or cyclic N) is 1. The van der Waals surface area contributed by atoms with Gasteiger partial charge in [0.2, 0.25) is 0 Å². The summed E-state index contributed by atoms with van der Waals surface area (Å²) >= 11 is 0. The van der Waals surface area contributed by atoms with Gasteiger partial charge in [-0.05, 0) is 45.2 Å². The van der Waals surface area contributed by atoms with Crippen LogP contribution in [0.25, 0.3) is 0 Å². The number of aliphatic hydroxyl groups excluding tert-OH is 1. The fourth-order valence-electron chi connectivity index (χ4n) is 2.90. The van der Waals surface area contributed by atoms with Gasteiger partial charge >= 0.3 is 6.03 Å². The molecule has 21 heavy (non-hydrogen) atoms. The first kappa shape index (κ1) is 18.2. The molecule has 0 unspecified atom stereocenters. The third kappa shape index (κ3) is 7.67. The van der Waals surface area contributed by atoms with Crippen molar-refractivity contribution in [3.63, 3.8) is 0 Å². The van der Waals surface area contributed by atoms with Crippen LogP contribution in [0.2, 0.25) is 0 Å². The van der Waals surface area contributed by atoms with Crippen molar-refractivity contribution in [2.45, 2.75) is 52.1 Å². The van der Waals surface area contributed by atoms with Crippen LogP contribution in [0.1, 0.15) is 46.0 Å². The zero-order valence-corrected chi connectivity index (χ0v) is 14.0. The minimum Gasteiger partial charge on any atom is -0.392 e. The quantitative estimate of drug-likeness (QED) is 0.673. The first-order valence-electron chi connectivity index (χ1n) is 8.42. The number of piperidine rings is 1. The van der Waals surface area contributed by atoms with E-state index in [-0.39, 0.29) is 12.1 Å². The van der Waals surface area contributed by atoms with Crippen molar-refractivity contribution in [3.8, 4) is 0 Å². The van der Waals surface area contributed by atoms with E-state index in [4.69, 9.17) is 0 Å². The van der Waals surface area contributed by atoms with Crippen molar-refractivity contribution in [3.05, 3.63) is 0 Å². The Kier molecular flexibility index (Phi) is 8.69. The van der Waals surface area contributed by atoms with E-state index >= 15 is 0 Å².